The lowest BCUT2D eigenvalue weighted by atomic mass is 10.1. The highest BCUT2D eigenvalue weighted by Crippen LogP contribution is 2.32. The molecule has 0 saturated heterocycles. The molecule has 0 fully saturated rings. The molecule has 5 heteroatoms. The Morgan fingerprint density at radius 3 is 2.76 bits per heavy atom. The molecule has 0 atom stereocenters. The Balaban J connectivity index is 1.76. The third-order valence-electron chi connectivity index (χ3n) is 3.31. The van der Waals surface area contributed by atoms with Crippen molar-refractivity contribution in [2.75, 3.05) is 13.8 Å². The van der Waals surface area contributed by atoms with Gasteiger partial charge in [-0.05, 0) is 29.8 Å². The first-order chi connectivity index (χ1) is 10.1. The Hall–Kier alpha value is -2.56. The minimum absolute atomic E-state index is 0.0701. The van der Waals surface area contributed by atoms with Gasteiger partial charge < -0.3 is 14.4 Å². The van der Waals surface area contributed by atoms with Crippen molar-refractivity contribution in [2.24, 2.45) is 0 Å². The molecule has 4 nitrogen and oxygen atoms in total. The Bertz CT molecular complexity index is 687. The topological polar surface area (TPSA) is 38.8 Å². The van der Waals surface area contributed by atoms with Crippen molar-refractivity contribution in [1.82, 2.24) is 4.90 Å². The van der Waals surface area contributed by atoms with Crippen molar-refractivity contribution >= 4 is 5.91 Å². The van der Waals surface area contributed by atoms with Gasteiger partial charge in [0.2, 0.25) is 6.79 Å². The number of rotatable bonds is 3. The van der Waals surface area contributed by atoms with Gasteiger partial charge in [-0.25, -0.2) is 4.39 Å². The van der Waals surface area contributed by atoms with Crippen LogP contribution in [0.5, 0.6) is 11.5 Å². The first kappa shape index (κ1) is 13.4. The quantitative estimate of drug-likeness (QED) is 0.871. The smallest absolute Gasteiger partial charge is 0.256 e. The van der Waals surface area contributed by atoms with E-state index in [9.17, 15) is 9.18 Å². The minimum Gasteiger partial charge on any atom is -0.454 e. The molecule has 0 bridgehead atoms. The van der Waals surface area contributed by atoms with Crippen molar-refractivity contribution in [3.63, 3.8) is 0 Å². The molecule has 0 radical (unpaired) electrons. The molecule has 2 aromatic rings. The molecule has 0 unspecified atom stereocenters. The Morgan fingerprint density at radius 2 is 1.95 bits per heavy atom. The fraction of sp³-hybridized carbons (Fsp3) is 0.188. The monoisotopic (exact) mass is 287 g/mol. The van der Waals surface area contributed by atoms with E-state index in [0.717, 1.165) is 5.56 Å². The van der Waals surface area contributed by atoms with Crippen LogP contribution in [0, 0.1) is 5.82 Å². The number of ether oxygens (including phenoxy) is 2. The van der Waals surface area contributed by atoms with Gasteiger partial charge >= 0.3 is 0 Å². The van der Waals surface area contributed by atoms with Gasteiger partial charge in [-0.2, -0.15) is 0 Å². The number of carbonyl (C=O) groups excluding carboxylic acids is 1. The maximum absolute atomic E-state index is 13.6. The van der Waals surface area contributed by atoms with E-state index in [4.69, 9.17) is 9.47 Å². The summed E-state index contributed by atoms with van der Waals surface area (Å²) in [5.41, 5.74) is 0.965. The van der Waals surface area contributed by atoms with Crippen LogP contribution in [-0.4, -0.2) is 24.6 Å². The molecule has 108 valence electrons. The van der Waals surface area contributed by atoms with Gasteiger partial charge in [0.25, 0.3) is 5.91 Å². The number of carbonyl (C=O) groups is 1. The first-order valence-electron chi connectivity index (χ1n) is 6.53. The van der Waals surface area contributed by atoms with Crippen LogP contribution in [0.2, 0.25) is 0 Å². The second-order valence-electron chi connectivity index (χ2n) is 4.83. The standard InChI is InChI=1S/C16H14FNO3/c1-18(16(19)12-4-2-3-5-13(12)17)9-11-6-7-14-15(8-11)21-10-20-14/h2-8H,9-10H2,1H3. The van der Waals surface area contributed by atoms with Crippen molar-refractivity contribution in [1.29, 1.82) is 0 Å². The normalized spacial score (nSPS) is 12.3. The fourth-order valence-electron chi connectivity index (χ4n) is 2.23. The average Bonchev–Trinajstić information content (AvgIpc) is 2.94. The second kappa shape index (κ2) is 5.44. The summed E-state index contributed by atoms with van der Waals surface area (Å²) in [6.07, 6.45) is 0. The maximum Gasteiger partial charge on any atom is 0.256 e. The molecule has 0 aliphatic carbocycles. The van der Waals surface area contributed by atoms with Crippen LogP contribution in [-0.2, 0) is 6.54 Å². The summed E-state index contributed by atoms with van der Waals surface area (Å²) >= 11 is 0. The SMILES string of the molecule is CN(Cc1ccc2c(c1)OCO2)C(=O)c1ccccc1F. The molecule has 0 saturated carbocycles. The maximum atomic E-state index is 13.6. The lowest BCUT2D eigenvalue weighted by Crippen LogP contribution is -2.27. The van der Waals surface area contributed by atoms with Crippen LogP contribution in [0.1, 0.15) is 15.9 Å². The number of hydrogen-bond acceptors (Lipinski definition) is 3. The predicted molar refractivity (Wildman–Crippen MR) is 74.8 cm³/mol. The Morgan fingerprint density at radius 1 is 1.19 bits per heavy atom. The van der Waals surface area contributed by atoms with Gasteiger partial charge in [-0.1, -0.05) is 18.2 Å². The van der Waals surface area contributed by atoms with Crippen LogP contribution >= 0.6 is 0 Å². The van der Waals surface area contributed by atoms with Crippen LogP contribution < -0.4 is 9.47 Å². The highest BCUT2D eigenvalue weighted by Gasteiger charge is 2.18. The van der Waals surface area contributed by atoms with Crippen molar-refractivity contribution in [2.45, 2.75) is 6.54 Å². The molecule has 1 heterocycles. The van der Waals surface area contributed by atoms with E-state index in [0.29, 0.717) is 18.0 Å². The summed E-state index contributed by atoms with van der Waals surface area (Å²) in [6, 6.07) is 11.5. The van der Waals surface area contributed by atoms with E-state index in [1.54, 1.807) is 25.2 Å². The lowest BCUT2D eigenvalue weighted by Gasteiger charge is -2.17. The summed E-state index contributed by atoms with van der Waals surface area (Å²) in [4.78, 5) is 13.7. The number of hydrogen-bond donors (Lipinski definition) is 0. The molecule has 21 heavy (non-hydrogen) atoms. The molecular weight excluding hydrogens is 273 g/mol. The molecule has 1 amide bonds. The van der Waals surface area contributed by atoms with Crippen molar-refractivity contribution < 1.29 is 18.7 Å². The van der Waals surface area contributed by atoms with E-state index < -0.39 is 5.82 Å². The summed E-state index contributed by atoms with van der Waals surface area (Å²) in [6.45, 7) is 0.576. The molecule has 0 spiro atoms. The molecule has 0 N–H and O–H groups in total. The van der Waals surface area contributed by atoms with Crippen LogP contribution in [0.25, 0.3) is 0 Å². The van der Waals surface area contributed by atoms with Gasteiger partial charge in [0.05, 0.1) is 5.56 Å². The zero-order valence-electron chi connectivity index (χ0n) is 11.5. The molecule has 1 aliphatic rings. The van der Waals surface area contributed by atoms with Gasteiger partial charge in [-0.15, -0.1) is 0 Å². The highest BCUT2D eigenvalue weighted by molar-refractivity contribution is 5.94. The summed E-state index contributed by atoms with van der Waals surface area (Å²) < 4.78 is 24.2. The Kier molecular flexibility index (Phi) is 3.48. The van der Waals surface area contributed by atoms with Crippen LogP contribution in [0.4, 0.5) is 4.39 Å². The second-order valence-corrected chi connectivity index (χ2v) is 4.83. The Labute approximate surface area is 121 Å². The average molecular weight is 287 g/mol. The van der Waals surface area contributed by atoms with E-state index in [1.807, 2.05) is 12.1 Å². The first-order valence-corrected chi connectivity index (χ1v) is 6.53. The predicted octanol–water partition coefficient (Wildman–Crippen LogP) is 2.83. The van der Waals surface area contributed by atoms with Gasteiger partial charge in [0.1, 0.15) is 5.82 Å². The van der Waals surface area contributed by atoms with E-state index in [-0.39, 0.29) is 18.3 Å². The van der Waals surface area contributed by atoms with Gasteiger partial charge in [0.15, 0.2) is 11.5 Å². The number of amides is 1. The van der Waals surface area contributed by atoms with E-state index in [1.165, 1.54) is 17.0 Å². The number of halogens is 1. The van der Waals surface area contributed by atoms with Crippen LogP contribution in [0.15, 0.2) is 42.5 Å². The third-order valence-corrected chi connectivity index (χ3v) is 3.31. The number of benzene rings is 2. The third kappa shape index (κ3) is 2.67. The van der Waals surface area contributed by atoms with E-state index >= 15 is 0 Å². The minimum atomic E-state index is -0.514. The van der Waals surface area contributed by atoms with Crippen molar-refractivity contribution in [3.05, 3.63) is 59.4 Å². The van der Waals surface area contributed by atoms with Gasteiger partial charge in [0, 0.05) is 13.6 Å². The zero-order valence-corrected chi connectivity index (χ0v) is 11.5. The van der Waals surface area contributed by atoms with Gasteiger partial charge in [-0.3, -0.25) is 4.79 Å². The van der Waals surface area contributed by atoms with Crippen LogP contribution in [0.3, 0.4) is 0 Å². The largest absolute Gasteiger partial charge is 0.454 e. The summed E-state index contributed by atoms with van der Waals surface area (Å²) in [5, 5.41) is 0. The molecule has 3 rings (SSSR count). The molecular formula is C16H14FNO3. The number of nitrogens with zero attached hydrogens (tertiary/aromatic N) is 1. The zero-order chi connectivity index (χ0) is 14.8. The van der Waals surface area contributed by atoms with E-state index in [2.05, 4.69) is 0 Å². The lowest BCUT2D eigenvalue weighted by molar-refractivity contribution is 0.0780. The summed E-state index contributed by atoms with van der Waals surface area (Å²) in [5.74, 6) is 0.492. The number of fused-ring (bicyclic) bond motifs is 1. The fourth-order valence-corrected chi connectivity index (χ4v) is 2.23. The summed E-state index contributed by atoms with van der Waals surface area (Å²) in [7, 11) is 1.64. The van der Waals surface area contributed by atoms with Crippen molar-refractivity contribution in [3.8, 4) is 11.5 Å². The molecule has 0 aromatic heterocycles. The molecule has 1 aliphatic heterocycles. The molecule has 2 aromatic carbocycles. The highest BCUT2D eigenvalue weighted by atomic mass is 19.1.